The van der Waals surface area contributed by atoms with E-state index in [1.165, 1.54) is 0 Å². The minimum absolute atomic E-state index is 0.0809. The summed E-state index contributed by atoms with van der Waals surface area (Å²) < 4.78 is 0. The average molecular weight is 247 g/mol. The average Bonchev–Trinajstić information content (AvgIpc) is 2.66. The molecule has 0 spiro atoms. The number of aromatic nitrogens is 1. The summed E-state index contributed by atoms with van der Waals surface area (Å²) in [6.07, 6.45) is 1.55. The molecule has 0 saturated heterocycles. The van der Waals surface area contributed by atoms with E-state index in [1.54, 1.807) is 18.3 Å². The first-order valence-corrected chi connectivity index (χ1v) is 6.26. The van der Waals surface area contributed by atoms with Gasteiger partial charge in [-0.25, -0.2) is 4.98 Å². The molecule has 2 rings (SSSR count). The molecule has 4 nitrogen and oxygen atoms in total. The lowest BCUT2D eigenvalue weighted by molar-refractivity contribution is 0.0950. The Balaban J connectivity index is 1.95. The number of anilines is 1. The van der Waals surface area contributed by atoms with E-state index in [-0.39, 0.29) is 16.7 Å². The number of nitrogen functional groups attached to an aromatic ring is 1. The molecule has 1 fully saturated rings. The van der Waals surface area contributed by atoms with Gasteiger partial charge in [0.05, 0.1) is 0 Å². The molecule has 0 radical (unpaired) electrons. The molecular weight excluding hydrogens is 226 g/mol. The van der Waals surface area contributed by atoms with Crippen LogP contribution < -0.4 is 11.1 Å². The SMILES string of the molecule is CC1(C)C(CNC(=O)c2ccnc(N)c2)C1(C)C. The van der Waals surface area contributed by atoms with Crippen molar-refractivity contribution in [2.45, 2.75) is 27.7 Å². The van der Waals surface area contributed by atoms with E-state index in [1.807, 2.05) is 0 Å². The van der Waals surface area contributed by atoms with Crippen LogP contribution in [0.25, 0.3) is 0 Å². The lowest BCUT2D eigenvalue weighted by Crippen LogP contribution is -2.27. The van der Waals surface area contributed by atoms with Gasteiger partial charge in [-0.05, 0) is 28.9 Å². The third kappa shape index (κ3) is 1.96. The Morgan fingerprint density at radius 2 is 2.00 bits per heavy atom. The highest BCUT2D eigenvalue weighted by atomic mass is 16.1. The van der Waals surface area contributed by atoms with E-state index in [0.29, 0.717) is 23.8 Å². The largest absolute Gasteiger partial charge is 0.384 e. The predicted molar refractivity (Wildman–Crippen MR) is 72.0 cm³/mol. The summed E-state index contributed by atoms with van der Waals surface area (Å²) in [5.74, 6) is 0.811. The van der Waals surface area contributed by atoms with E-state index < -0.39 is 0 Å². The van der Waals surface area contributed by atoms with Gasteiger partial charge in [0.15, 0.2) is 0 Å². The summed E-state index contributed by atoms with van der Waals surface area (Å²) in [4.78, 5) is 15.8. The van der Waals surface area contributed by atoms with Crippen LogP contribution in [0, 0.1) is 16.7 Å². The van der Waals surface area contributed by atoms with Gasteiger partial charge in [0.1, 0.15) is 5.82 Å². The second-order valence-corrected chi connectivity index (χ2v) is 6.18. The van der Waals surface area contributed by atoms with Crippen molar-refractivity contribution in [1.29, 1.82) is 0 Å². The lowest BCUT2D eigenvalue weighted by atomic mass is 10.0. The van der Waals surface area contributed by atoms with Crippen LogP contribution in [0.1, 0.15) is 38.1 Å². The number of hydrogen-bond acceptors (Lipinski definition) is 3. The van der Waals surface area contributed by atoms with E-state index in [0.717, 1.165) is 0 Å². The molecule has 0 aliphatic heterocycles. The van der Waals surface area contributed by atoms with E-state index >= 15 is 0 Å². The highest BCUT2D eigenvalue weighted by Gasteiger charge is 2.64. The topological polar surface area (TPSA) is 68.0 Å². The monoisotopic (exact) mass is 247 g/mol. The first-order chi connectivity index (χ1) is 8.26. The van der Waals surface area contributed by atoms with Gasteiger partial charge in [-0.3, -0.25) is 4.79 Å². The van der Waals surface area contributed by atoms with Crippen LogP contribution in [0.3, 0.4) is 0 Å². The summed E-state index contributed by atoms with van der Waals surface area (Å²) in [6.45, 7) is 9.69. The van der Waals surface area contributed by atoms with Gasteiger partial charge in [-0.2, -0.15) is 0 Å². The first kappa shape index (κ1) is 12.9. The van der Waals surface area contributed by atoms with Crippen molar-refractivity contribution in [2.24, 2.45) is 16.7 Å². The Labute approximate surface area is 108 Å². The molecule has 3 N–H and O–H groups in total. The molecule has 0 atom stereocenters. The molecule has 1 saturated carbocycles. The predicted octanol–water partition coefficient (Wildman–Crippen LogP) is 2.08. The normalized spacial score (nSPS) is 20.4. The molecule has 18 heavy (non-hydrogen) atoms. The van der Waals surface area contributed by atoms with Crippen LogP contribution in [0.5, 0.6) is 0 Å². The second kappa shape index (κ2) is 3.97. The zero-order valence-electron chi connectivity index (χ0n) is 11.4. The summed E-state index contributed by atoms with van der Waals surface area (Å²) in [7, 11) is 0. The number of amides is 1. The maximum atomic E-state index is 12.0. The third-order valence-electron chi connectivity index (χ3n) is 4.83. The number of carbonyl (C=O) groups is 1. The minimum atomic E-state index is -0.0809. The Hall–Kier alpha value is -1.58. The van der Waals surface area contributed by atoms with Gasteiger partial charge in [-0.1, -0.05) is 27.7 Å². The molecule has 98 valence electrons. The van der Waals surface area contributed by atoms with E-state index in [4.69, 9.17) is 5.73 Å². The number of nitrogens with one attached hydrogen (secondary N) is 1. The van der Waals surface area contributed by atoms with Crippen LogP contribution in [0.4, 0.5) is 5.82 Å². The van der Waals surface area contributed by atoms with Crippen molar-refractivity contribution < 1.29 is 4.79 Å². The van der Waals surface area contributed by atoms with Gasteiger partial charge in [0.2, 0.25) is 0 Å². The quantitative estimate of drug-likeness (QED) is 0.859. The molecule has 1 aliphatic carbocycles. The maximum absolute atomic E-state index is 12.0. The fourth-order valence-electron chi connectivity index (χ4n) is 2.73. The molecule has 1 aliphatic rings. The summed E-state index contributed by atoms with van der Waals surface area (Å²) in [5.41, 5.74) is 6.71. The summed E-state index contributed by atoms with van der Waals surface area (Å²) >= 11 is 0. The van der Waals surface area contributed by atoms with E-state index in [9.17, 15) is 4.79 Å². The van der Waals surface area contributed by atoms with Crippen LogP contribution in [0.2, 0.25) is 0 Å². The smallest absolute Gasteiger partial charge is 0.251 e. The van der Waals surface area contributed by atoms with Crippen LogP contribution in [-0.4, -0.2) is 17.4 Å². The zero-order chi connectivity index (χ0) is 13.6. The molecule has 0 bridgehead atoms. The fourth-order valence-corrected chi connectivity index (χ4v) is 2.73. The van der Waals surface area contributed by atoms with Crippen LogP contribution >= 0.6 is 0 Å². The van der Waals surface area contributed by atoms with Gasteiger partial charge in [0.25, 0.3) is 5.91 Å². The van der Waals surface area contributed by atoms with E-state index in [2.05, 4.69) is 38.0 Å². The third-order valence-corrected chi connectivity index (χ3v) is 4.83. The molecular formula is C14H21N3O. The maximum Gasteiger partial charge on any atom is 0.251 e. The molecule has 1 amide bonds. The number of rotatable bonds is 3. The molecule has 1 aromatic heterocycles. The Morgan fingerprint density at radius 1 is 1.39 bits per heavy atom. The summed E-state index contributed by atoms with van der Waals surface area (Å²) in [5, 5.41) is 2.98. The highest BCUT2D eigenvalue weighted by molar-refractivity contribution is 5.94. The second-order valence-electron chi connectivity index (χ2n) is 6.18. The number of nitrogens with zero attached hydrogens (tertiary/aromatic N) is 1. The van der Waals surface area contributed by atoms with Gasteiger partial charge in [-0.15, -0.1) is 0 Å². The highest BCUT2D eigenvalue weighted by Crippen LogP contribution is 2.67. The number of pyridine rings is 1. The Morgan fingerprint density at radius 3 is 2.50 bits per heavy atom. The molecule has 1 heterocycles. The Bertz CT molecular complexity index is 466. The molecule has 4 heteroatoms. The van der Waals surface area contributed by atoms with Crippen molar-refractivity contribution in [3.63, 3.8) is 0 Å². The molecule has 0 unspecified atom stereocenters. The van der Waals surface area contributed by atoms with Gasteiger partial charge >= 0.3 is 0 Å². The van der Waals surface area contributed by atoms with Crippen LogP contribution in [0.15, 0.2) is 18.3 Å². The summed E-state index contributed by atoms with van der Waals surface area (Å²) in [6, 6.07) is 3.27. The number of nitrogens with two attached hydrogens (primary N) is 1. The fraction of sp³-hybridized carbons (Fsp3) is 0.571. The standard InChI is InChI=1S/C14H21N3O/c1-13(2)10(14(13,3)4)8-17-12(18)9-5-6-16-11(15)7-9/h5-7,10H,8H2,1-4H3,(H2,15,16)(H,17,18). The van der Waals surface area contributed by atoms with Gasteiger partial charge < -0.3 is 11.1 Å². The first-order valence-electron chi connectivity index (χ1n) is 6.26. The van der Waals surface area contributed by atoms with Crippen molar-refractivity contribution in [3.8, 4) is 0 Å². The zero-order valence-corrected chi connectivity index (χ0v) is 11.4. The molecule has 1 aromatic rings. The van der Waals surface area contributed by atoms with Gasteiger partial charge in [0, 0.05) is 18.3 Å². The van der Waals surface area contributed by atoms with Crippen LogP contribution in [-0.2, 0) is 0 Å². The molecule has 0 aromatic carbocycles. The van der Waals surface area contributed by atoms with Crippen molar-refractivity contribution in [3.05, 3.63) is 23.9 Å². The lowest BCUT2D eigenvalue weighted by Gasteiger charge is -2.06. The Kier molecular flexibility index (Phi) is 2.84. The minimum Gasteiger partial charge on any atom is -0.384 e. The van der Waals surface area contributed by atoms with Crippen molar-refractivity contribution in [2.75, 3.05) is 12.3 Å². The number of carbonyl (C=O) groups excluding carboxylic acids is 1. The van der Waals surface area contributed by atoms with Crippen molar-refractivity contribution in [1.82, 2.24) is 10.3 Å². The van der Waals surface area contributed by atoms with Crippen molar-refractivity contribution >= 4 is 11.7 Å². The number of hydrogen-bond donors (Lipinski definition) is 2.